The Balaban J connectivity index is 1.76. The highest BCUT2D eigenvalue weighted by atomic mass is 32.2. The van der Waals surface area contributed by atoms with Gasteiger partial charge in [-0.1, -0.05) is 72.8 Å². The molecule has 0 saturated heterocycles. The molecule has 0 aliphatic rings. The van der Waals surface area contributed by atoms with Crippen LogP contribution in [0.4, 0.5) is 5.69 Å². The summed E-state index contributed by atoms with van der Waals surface area (Å²) in [5, 5.41) is 11.9. The van der Waals surface area contributed by atoms with Crippen LogP contribution in [0, 0.1) is 11.3 Å². The maximum atomic E-state index is 12.8. The molecule has 0 saturated carbocycles. The zero-order valence-corrected chi connectivity index (χ0v) is 17.2. The van der Waals surface area contributed by atoms with Gasteiger partial charge < -0.3 is 10.2 Å². The number of quaternary nitrogens is 1. The fraction of sp³-hybridized carbons (Fsp3) is 0.167. The summed E-state index contributed by atoms with van der Waals surface area (Å²) in [5.41, 5.74) is 3.10. The minimum Gasteiger partial charge on any atom is -0.320 e. The molecule has 1 amide bonds. The molecule has 0 radical (unpaired) electrons. The highest BCUT2D eigenvalue weighted by Gasteiger charge is 2.25. The third kappa shape index (κ3) is 5.71. The van der Waals surface area contributed by atoms with E-state index in [1.165, 1.54) is 22.9 Å². The van der Waals surface area contributed by atoms with Crippen molar-refractivity contribution >= 4 is 23.4 Å². The molecular weight excluding hydrogens is 378 g/mol. The number of thioether (sulfide) groups is 1. The van der Waals surface area contributed by atoms with Gasteiger partial charge in [-0.05, 0) is 12.1 Å². The molecule has 146 valence electrons. The Morgan fingerprint density at radius 1 is 0.966 bits per heavy atom. The summed E-state index contributed by atoms with van der Waals surface area (Å²) in [6.45, 7) is 0.325. The molecule has 0 bridgehead atoms. The van der Waals surface area contributed by atoms with Crippen molar-refractivity contribution in [2.24, 2.45) is 0 Å². The van der Waals surface area contributed by atoms with Gasteiger partial charge in [-0.25, -0.2) is 0 Å². The van der Waals surface area contributed by atoms with Crippen molar-refractivity contribution in [1.29, 1.82) is 5.26 Å². The highest BCUT2D eigenvalue weighted by Crippen LogP contribution is 2.26. The molecule has 0 aromatic heterocycles. The maximum Gasteiger partial charge on any atom is 0.279 e. The van der Waals surface area contributed by atoms with E-state index in [1.807, 2.05) is 67.7 Å². The van der Waals surface area contributed by atoms with Crippen LogP contribution in [0.25, 0.3) is 0 Å². The summed E-state index contributed by atoms with van der Waals surface area (Å²) in [5.74, 6) is 0.298. The first-order chi connectivity index (χ1) is 14.2. The Labute approximate surface area is 176 Å². The Hall–Kier alpha value is -3.07. The molecule has 1 atom stereocenters. The quantitative estimate of drug-likeness (QED) is 0.567. The van der Waals surface area contributed by atoms with E-state index in [-0.39, 0.29) is 11.9 Å². The summed E-state index contributed by atoms with van der Waals surface area (Å²) in [4.78, 5) is 14.8. The molecule has 0 heterocycles. The monoisotopic (exact) mass is 402 g/mol. The Morgan fingerprint density at radius 2 is 1.52 bits per heavy atom. The molecule has 2 N–H and O–H groups in total. The second-order valence-electron chi connectivity index (χ2n) is 6.77. The van der Waals surface area contributed by atoms with Crippen LogP contribution in [0.2, 0.25) is 0 Å². The van der Waals surface area contributed by atoms with Crippen molar-refractivity contribution in [2.75, 3.05) is 24.7 Å². The molecule has 0 fully saturated rings. The lowest BCUT2D eigenvalue weighted by molar-refractivity contribution is -0.897. The van der Waals surface area contributed by atoms with E-state index in [1.54, 1.807) is 0 Å². The lowest BCUT2D eigenvalue weighted by Gasteiger charge is -2.25. The number of nitrogens with one attached hydrogen (secondary N) is 2. The van der Waals surface area contributed by atoms with Gasteiger partial charge in [0.2, 0.25) is 0 Å². The van der Waals surface area contributed by atoms with Crippen LogP contribution >= 0.6 is 11.8 Å². The third-order valence-corrected chi connectivity index (χ3v) is 5.59. The Morgan fingerprint density at radius 3 is 2.10 bits per heavy atom. The second-order valence-corrected chi connectivity index (χ2v) is 7.79. The number of carbonyl (C=O) groups is 1. The second kappa shape index (κ2) is 10.5. The molecule has 3 aromatic carbocycles. The SMILES string of the molecule is C[NH+](CC(=O)Nc1ccccc1SCC#N)C(c1ccccc1)c1ccccc1. The minimum atomic E-state index is -0.0515. The number of nitriles is 1. The van der Waals surface area contributed by atoms with E-state index >= 15 is 0 Å². The molecular formula is C24H24N3OS+. The molecule has 0 spiro atoms. The lowest BCUT2D eigenvalue weighted by Crippen LogP contribution is -3.10. The average molecular weight is 403 g/mol. The fourth-order valence-electron chi connectivity index (χ4n) is 3.41. The number of para-hydroxylation sites is 1. The number of rotatable bonds is 8. The molecule has 1 unspecified atom stereocenters. The number of carbonyl (C=O) groups excluding carboxylic acids is 1. The van der Waals surface area contributed by atoms with Crippen molar-refractivity contribution in [1.82, 2.24) is 0 Å². The van der Waals surface area contributed by atoms with Gasteiger partial charge >= 0.3 is 0 Å². The maximum absolute atomic E-state index is 12.8. The first-order valence-corrected chi connectivity index (χ1v) is 10.5. The van der Waals surface area contributed by atoms with Gasteiger partial charge in [0.05, 0.1) is 24.6 Å². The smallest absolute Gasteiger partial charge is 0.279 e. The number of anilines is 1. The van der Waals surface area contributed by atoms with Gasteiger partial charge in [0, 0.05) is 16.0 Å². The zero-order chi connectivity index (χ0) is 20.5. The number of hydrogen-bond donors (Lipinski definition) is 2. The van der Waals surface area contributed by atoms with Crippen molar-refractivity contribution < 1.29 is 9.69 Å². The van der Waals surface area contributed by atoms with Crippen LogP contribution in [0.3, 0.4) is 0 Å². The average Bonchev–Trinajstić information content (AvgIpc) is 2.75. The normalized spacial score (nSPS) is 11.6. The third-order valence-electron chi connectivity index (χ3n) is 4.65. The van der Waals surface area contributed by atoms with Crippen molar-refractivity contribution in [3.05, 3.63) is 96.1 Å². The Bertz CT molecular complexity index is 931. The number of amides is 1. The fourth-order valence-corrected chi connectivity index (χ4v) is 4.08. The number of benzene rings is 3. The van der Waals surface area contributed by atoms with E-state index in [0.717, 1.165) is 15.5 Å². The van der Waals surface area contributed by atoms with Crippen LogP contribution in [0.1, 0.15) is 17.2 Å². The highest BCUT2D eigenvalue weighted by molar-refractivity contribution is 7.99. The van der Waals surface area contributed by atoms with Crippen LogP contribution in [0.15, 0.2) is 89.8 Å². The zero-order valence-electron chi connectivity index (χ0n) is 16.3. The van der Waals surface area contributed by atoms with Crippen LogP contribution in [-0.4, -0.2) is 25.3 Å². The lowest BCUT2D eigenvalue weighted by atomic mass is 9.97. The molecule has 3 aromatic rings. The van der Waals surface area contributed by atoms with Gasteiger partial charge in [0.1, 0.15) is 6.04 Å². The van der Waals surface area contributed by atoms with Gasteiger partial charge in [0.15, 0.2) is 6.54 Å². The summed E-state index contributed by atoms with van der Waals surface area (Å²) >= 11 is 1.43. The topological polar surface area (TPSA) is 57.3 Å². The molecule has 29 heavy (non-hydrogen) atoms. The summed E-state index contributed by atoms with van der Waals surface area (Å²) in [6, 6.07) is 30.3. The van der Waals surface area contributed by atoms with Crippen LogP contribution in [-0.2, 0) is 4.79 Å². The van der Waals surface area contributed by atoms with Gasteiger partial charge in [0.25, 0.3) is 5.91 Å². The summed E-state index contributed by atoms with van der Waals surface area (Å²) in [7, 11) is 2.04. The largest absolute Gasteiger partial charge is 0.320 e. The van der Waals surface area contributed by atoms with E-state index in [0.29, 0.717) is 12.3 Å². The number of hydrogen-bond acceptors (Lipinski definition) is 3. The molecule has 0 aliphatic heterocycles. The minimum absolute atomic E-state index is 0.0515. The number of likely N-dealkylation sites (N-methyl/N-ethyl adjacent to an activating group) is 1. The first kappa shape index (κ1) is 20.7. The van der Waals surface area contributed by atoms with E-state index in [9.17, 15) is 4.79 Å². The molecule has 5 heteroatoms. The van der Waals surface area contributed by atoms with Gasteiger partial charge in [-0.3, -0.25) is 4.79 Å². The van der Waals surface area contributed by atoms with E-state index in [4.69, 9.17) is 5.26 Å². The first-order valence-electron chi connectivity index (χ1n) is 9.50. The van der Waals surface area contributed by atoms with Crippen LogP contribution in [0.5, 0.6) is 0 Å². The van der Waals surface area contributed by atoms with Gasteiger partial charge in [-0.15, -0.1) is 11.8 Å². The Kier molecular flexibility index (Phi) is 7.46. The molecule has 0 aliphatic carbocycles. The van der Waals surface area contributed by atoms with Crippen LogP contribution < -0.4 is 10.2 Å². The van der Waals surface area contributed by atoms with E-state index in [2.05, 4.69) is 35.7 Å². The van der Waals surface area contributed by atoms with E-state index < -0.39 is 0 Å². The molecule has 4 nitrogen and oxygen atoms in total. The summed E-state index contributed by atoms with van der Waals surface area (Å²) in [6.07, 6.45) is 0. The predicted molar refractivity (Wildman–Crippen MR) is 118 cm³/mol. The van der Waals surface area contributed by atoms with Gasteiger partial charge in [-0.2, -0.15) is 5.26 Å². The van der Waals surface area contributed by atoms with Crippen molar-refractivity contribution in [3.8, 4) is 6.07 Å². The van der Waals surface area contributed by atoms with Crippen molar-refractivity contribution in [2.45, 2.75) is 10.9 Å². The summed E-state index contributed by atoms with van der Waals surface area (Å²) < 4.78 is 0. The predicted octanol–water partition coefficient (Wildman–Crippen LogP) is 3.55. The number of nitrogens with zero attached hydrogens (tertiary/aromatic N) is 1. The standard InChI is InChI=1S/C24H23N3OS/c1-27(18-23(28)26-21-14-8-9-15-22(21)29-17-16-25)24(19-10-4-2-5-11-19)20-12-6-3-7-13-20/h2-15,24H,17-18H2,1H3,(H,26,28)/p+1. The van der Waals surface area contributed by atoms with Crippen molar-refractivity contribution in [3.63, 3.8) is 0 Å². The molecule has 3 rings (SSSR count).